The first kappa shape index (κ1) is 29.4. The Morgan fingerprint density at radius 2 is 0.714 bits per heavy atom. The summed E-state index contributed by atoms with van der Waals surface area (Å²) in [4.78, 5) is 25.1. The van der Waals surface area contributed by atoms with Crippen molar-refractivity contribution in [1.29, 1.82) is 0 Å². The second-order valence-corrected chi connectivity index (χ2v) is 0.714. The molecule has 0 aromatic carbocycles. The van der Waals surface area contributed by atoms with Crippen molar-refractivity contribution >= 4 is 26.2 Å². The second-order valence-electron chi connectivity index (χ2n) is 0.714. The predicted octanol–water partition coefficient (Wildman–Crippen LogP) is -2.25. The molecule has 0 aliphatic heterocycles. The molecule has 0 heterocycles. The van der Waals surface area contributed by atoms with Crippen molar-refractivity contribution in [2.45, 2.75) is 0 Å². The molecule has 14 heteroatoms. The van der Waals surface area contributed by atoms with Crippen LogP contribution in [-0.4, -0.2) is 62.6 Å². The first-order valence-electron chi connectivity index (χ1n) is 1.70. The largest absolute Gasteiger partial charge is 3.00 e. The molecule has 0 spiro atoms. The zero-order valence-corrected chi connectivity index (χ0v) is 9.56. The van der Waals surface area contributed by atoms with Gasteiger partial charge in [-0.1, -0.05) is 0 Å². The quantitative estimate of drug-likeness (QED) is 0.220. The number of nitrogens with zero attached hydrogens (tertiary/aromatic N) is 3. The van der Waals surface area contributed by atoms with Gasteiger partial charge in [0.05, 0.1) is 0 Å². The maximum atomic E-state index is 8.36. The van der Waals surface area contributed by atoms with E-state index in [4.69, 9.17) is 46.0 Å². The molecule has 0 aliphatic carbocycles. The van der Waals surface area contributed by atoms with Crippen LogP contribution in [-0.2, 0) is 0 Å². The Hall–Kier alpha value is -1.56. The van der Waals surface area contributed by atoms with Crippen LogP contribution in [0.3, 0.4) is 0 Å². The Morgan fingerprint density at radius 3 is 0.714 bits per heavy atom. The van der Waals surface area contributed by atoms with Crippen LogP contribution in [0.5, 0.6) is 0 Å². The summed E-state index contributed by atoms with van der Waals surface area (Å²) in [6.45, 7) is 0. The molecule has 0 bridgehead atoms. The van der Waals surface area contributed by atoms with Gasteiger partial charge in [-0.15, -0.1) is 30.3 Å². The number of hydrogen-bond donors (Lipinski definition) is 3. The van der Waals surface area contributed by atoms with Gasteiger partial charge in [-0.3, -0.25) is 0 Å². The summed E-state index contributed by atoms with van der Waals surface area (Å²) < 4.78 is 0. The normalized spacial score (nSPS) is 5.14. The summed E-state index contributed by atoms with van der Waals surface area (Å²) in [5.41, 5.74) is 0. The van der Waals surface area contributed by atoms with E-state index in [0.29, 0.717) is 0 Å². The first-order chi connectivity index (χ1) is 5.20. The zero-order valence-electron chi connectivity index (χ0n) is 6.08. The maximum Gasteiger partial charge on any atom is 3.00 e. The van der Waals surface area contributed by atoms with Crippen molar-refractivity contribution in [2.24, 2.45) is 0 Å². The predicted molar refractivity (Wildman–Crippen MR) is 35.7 cm³/mol. The van der Waals surface area contributed by atoms with Gasteiger partial charge in [-0.2, -0.15) is 0 Å². The van der Waals surface area contributed by atoms with E-state index in [1.165, 1.54) is 0 Å². The van der Waals surface area contributed by atoms with E-state index in [9.17, 15) is 0 Å². The molecule has 14 heavy (non-hydrogen) atoms. The van der Waals surface area contributed by atoms with Crippen LogP contribution in [0.2, 0.25) is 0 Å². The van der Waals surface area contributed by atoms with Crippen molar-refractivity contribution in [3.63, 3.8) is 0 Å². The standard InChI is InChI=1S/Bi.3HNO3.H2O/c;3*2-1(3)4;/h;3*(H,2,3,4);1H2/q+3;;;;. The van der Waals surface area contributed by atoms with Crippen molar-refractivity contribution in [3.05, 3.63) is 30.3 Å². The Kier molecular flexibility index (Phi) is 47.3. The van der Waals surface area contributed by atoms with Gasteiger partial charge in [0.25, 0.3) is 15.3 Å². The minimum Gasteiger partial charge on any atom is -0.412 e. The smallest absolute Gasteiger partial charge is 0.412 e. The zero-order chi connectivity index (χ0) is 10.7. The Balaban J connectivity index is -0.0000000270. The summed E-state index contributed by atoms with van der Waals surface area (Å²) >= 11 is 0. The van der Waals surface area contributed by atoms with Gasteiger partial charge in [0.15, 0.2) is 0 Å². The van der Waals surface area contributed by atoms with E-state index >= 15 is 0 Å². The Morgan fingerprint density at radius 1 is 0.714 bits per heavy atom. The molecule has 0 atom stereocenters. The average Bonchev–Trinajstić information content (AvgIpc) is 1.54. The molecule has 0 aromatic rings. The van der Waals surface area contributed by atoms with Gasteiger partial charge in [0, 0.05) is 0 Å². The third-order valence-electron chi connectivity index (χ3n) is 0. The molecule has 0 saturated carbocycles. The molecular weight excluding hydrogens is 411 g/mol. The molecule has 0 aromatic heterocycles. The summed E-state index contributed by atoms with van der Waals surface area (Å²) in [6.07, 6.45) is 0. The Bertz CT molecular complexity index is 113. The van der Waals surface area contributed by atoms with Gasteiger partial charge >= 0.3 is 26.2 Å². The molecule has 0 fully saturated rings. The van der Waals surface area contributed by atoms with Gasteiger partial charge in [-0.05, 0) is 0 Å². The fourth-order valence-electron chi connectivity index (χ4n) is 0. The van der Waals surface area contributed by atoms with Crippen LogP contribution in [0.4, 0.5) is 0 Å². The van der Waals surface area contributed by atoms with E-state index in [1.807, 2.05) is 0 Å². The van der Waals surface area contributed by atoms with E-state index in [1.54, 1.807) is 0 Å². The third-order valence-corrected chi connectivity index (χ3v) is 0. The second kappa shape index (κ2) is 22.5. The van der Waals surface area contributed by atoms with Crippen LogP contribution in [0.1, 0.15) is 0 Å². The molecule has 2 radical (unpaired) electrons. The molecule has 0 rings (SSSR count). The molecule has 13 nitrogen and oxygen atoms in total. The average molecular weight is 416 g/mol. The van der Waals surface area contributed by atoms with Gasteiger partial charge < -0.3 is 21.1 Å². The van der Waals surface area contributed by atoms with E-state index in [0.717, 1.165) is 0 Å². The minimum absolute atomic E-state index is 0. The van der Waals surface area contributed by atoms with Crippen LogP contribution in [0.25, 0.3) is 0 Å². The summed E-state index contributed by atoms with van der Waals surface area (Å²) in [5.74, 6) is 0. The molecule has 5 N–H and O–H groups in total. The topological polar surface area (TPSA) is 222 Å². The van der Waals surface area contributed by atoms with E-state index in [2.05, 4.69) is 0 Å². The molecule has 0 amide bonds. The number of hydrogen-bond acceptors (Lipinski definition) is 6. The van der Waals surface area contributed by atoms with Gasteiger partial charge in [-0.25, -0.2) is 0 Å². The fraction of sp³-hybridized carbons (Fsp3) is 0. The summed E-state index contributed by atoms with van der Waals surface area (Å²) in [5, 5.41) is 40.9. The first-order valence-corrected chi connectivity index (χ1v) is 1.70. The van der Waals surface area contributed by atoms with Crippen LogP contribution >= 0.6 is 0 Å². The van der Waals surface area contributed by atoms with Crippen LogP contribution in [0.15, 0.2) is 0 Å². The van der Waals surface area contributed by atoms with Crippen molar-refractivity contribution < 1.29 is 36.4 Å². The number of rotatable bonds is 0. The molecule has 82 valence electrons. The SMILES string of the molecule is O.O=[N+]([O-])O.O=[N+]([O-])O.O=[N+]([O-])O.[Bi+3]. The molecule has 0 aliphatic rings. The Labute approximate surface area is 93.3 Å². The van der Waals surface area contributed by atoms with Crippen molar-refractivity contribution in [1.82, 2.24) is 0 Å². The van der Waals surface area contributed by atoms with Gasteiger partial charge in [0.1, 0.15) is 0 Å². The third kappa shape index (κ3) is 384. The van der Waals surface area contributed by atoms with E-state index < -0.39 is 15.3 Å². The summed E-state index contributed by atoms with van der Waals surface area (Å²) in [6, 6.07) is 0. The van der Waals surface area contributed by atoms with Gasteiger partial charge in [0.2, 0.25) is 0 Å². The maximum absolute atomic E-state index is 8.36. The van der Waals surface area contributed by atoms with Crippen LogP contribution in [0, 0.1) is 30.3 Å². The van der Waals surface area contributed by atoms with Crippen molar-refractivity contribution in [3.8, 4) is 0 Å². The van der Waals surface area contributed by atoms with Crippen molar-refractivity contribution in [2.75, 3.05) is 0 Å². The summed E-state index contributed by atoms with van der Waals surface area (Å²) in [7, 11) is 0. The monoisotopic (exact) mass is 416 g/mol. The van der Waals surface area contributed by atoms with Crippen LogP contribution < -0.4 is 0 Å². The molecule has 0 unspecified atom stereocenters. The molecular formula is H5BiN3O10+3. The molecule has 0 saturated heterocycles. The fourth-order valence-corrected chi connectivity index (χ4v) is 0. The van der Waals surface area contributed by atoms with E-state index in [-0.39, 0.29) is 31.7 Å². The minimum atomic E-state index is -1.50.